The van der Waals surface area contributed by atoms with Crippen molar-refractivity contribution >= 4 is 0 Å². The number of nitrogens with one attached hydrogen (secondary N) is 1. The summed E-state index contributed by atoms with van der Waals surface area (Å²) in [6, 6.07) is 6.97. The smallest absolute Gasteiger partial charge is 0.111 e. The van der Waals surface area contributed by atoms with E-state index < -0.39 is 0 Å². The van der Waals surface area contributed by atoms with Crippen molar-refractivity contribution in [3.05, 3.63) is 35.7 Å². The van der Waals surface area contributed by atoms with Crippen LogP contribution in [0.4, 0.5) is 0 Å². The minimum atomic E-state index is 0.665. The van der Waals surface area contributed by atoms with E-state index in [1.54, 1.807) is 0 Å². The number of nitrogens with zero attached hydrogens (tertiary/aromatic N) is 3. The van der Waals surface area contributed by atoms with Crippen LogP contribution in [0.2, 0.25) is 0 Å². The molecule has 0 amide bonds. The maximum atomic E-state index is 4.56. The molecule has 4 nitrogen and oxygen atoms in total. The lowest BCUT2D eigenvalue weighted by atomic mass is 9.99. The lowest BCUT2D eigenvalue weighted by Crippen LogP contribution is -2.28. The van der Waals surface area contributed by atoms with E-state index in [-0.39, 0.29) is 0 Å². The van der Waals surface area contributed by atoms with Crippen LogP contribution in [-0.2, 0) is 6.42 Å². The number of hydrogen-bond acceptors (Lipinski definition) is 3. The van der Waals surface area contributed by atoms with Gasteiger partial charge in [-0.3, -0.25) is 10.1 Å². The van der Waals surface area contributed by atoms with E-state index in [2.05, 4.69) is 46.1 Å². The van der Waals surface area contributed by atoms with Crippen LogP contribution in [0.5, 0.6) is 0 Å². The van der Waals surface area contributed by atoms with Crippen LogP contribution >= 0.6 is 0 Å². The molecule has 4 heteroatoms. The van der Waals surface area contributed by atoms with Gasteiger partial charge in [0.2, 0.25) is 0 Å². The van der Waals surface area contributed by atoms with Gasteiger partial charge in [0.1, 0.15) is 5.69 Å². The SMILES string of the molecule is Cc1cc(-c2ccc(C[C@@H]3CCN(C(C)C)C3)cn2)n[nH]1. The van der Waals surface area contributed by atoms with E-state index in [0.717, 1.165) is 29.4 Å². The van der Waals surface area contributed by atoms with E-state index >= 15 is 0 Å². The van der Waals surface area contributed by atoms with Crippen molar-refractivity contribution in [2.75, 3.05) is 13.1 Å². The summed E-state index contributed by atoms with van der Waals surface area (Å²) in [4.78, 5) is 7.13. The van der Waals surface area contributed by atoms with Crippen molar-refractivity contribution in [3.63, 3.8) is 0 Å². The molecule has 0 spiro atoms. The fourth-order valence-electron chi connectivity index (χ4n) is 3.08. The Kier molecular flexibility index (Phi) is 4.06. The van der Waals surface area contributed by atoms with E-state index in [4.69, 9.17) is 0 Å². The van der Waals surface area contributed by atoms with Crippen molar-refractivity contribution in [1.29, 1.82) is 0 Å². The summed E-state index contributed by atoms with van der Waals surface area (Å²) in [5, 5.41) is 7.21. The van der Waals surface area contributed by atoms with Gasteiger partial charge in [-0.2, -0.15) is 5.10 Å². The van der Waals surface area contributed by atoms with E-state index in [0.29, 0.717) is 6.04 Å². The summed E-state index contributed by atoms with van der Waals surface area (Å²) in [6.07, 6.45) is 4.45. The minimum absolute atomic E-state index is 0.665. The summed E-state index contributed by atoms with van der Waals surface area (Å²) in [7, 11) is 0. The highest BCUT2D eigenvalue weighted by Gasteiger charge is 2.24. The third-order valence-corrected chi connectivity index (χ3v) is 4.37. The number of pyridine rings is 1. The molecule has 2 aromatic rings. The summed E-state index contributed by atoms with van der Waals surface area (Å²) >= 11 is 0. The third kappa shape index (κ3) is 3.32. The molecule has 0 aromatic carbocycles. The quantitative estimate of drug-likeness (QED) is 0.938. The highest BCUT2D eigenvalue weighted by Crippen LogP contribution is 2.23. The van der Waals surface area contributed by atoms with Gasteiger partial charge < -0.3 is 4.90 Å². The molecule has 1 aliphatic heterocycles. The summed E-state index contributed by atoms with van der Waals surface area (Å²) in [6.45, 7) is 9.03. The Morgan fingerprint density at radius 3 is 2.76 bits per heavy atom. The third-order valence-electron chi connectivity index (χ3n) is 4.37. The molecular weight excluding hydrogens is 260 g/mol. The maximum absolute atomic E-state index is 4.56. The van der Waals surface area contributed by atoms with Gasteiger partial charge >= 0.3 is 0 Å². The Hall–Kier alpha value is -1.68. The molecule has 1 saturated heterocycles. The zero-order valence-corrected chi connectivity index (χ0v) is 13.1. The first kappa shape index (κ1) is 14.3. The molecule has 112 valence electrons. The Bertz CT molecular complexity index is 585. The van der Waals surface area contributed by atoms with Gasteiger partial charge in [-0.1, -0.05) is 6.07 Å². The molecule has 1 N–H and O–H groups in total. The van der Waals surface area contributed by atoms with E-state index in [1.807, 2.05) is 19.2 Å². The molecular formula is C17H24N4. The standard InChI is InChI=1S/C17H24N4/c1-12(2)21-7-6-15(11-21)9-14-4-5-16(18-10-14)17-8-13(3)19-20-17/h4-5,8,10,12,15H,6-7,9,11H2,1-3H3,(H,19,20)/t15-/m0/s1. The highest BCUT2D eigenvalue weighted by molar-refractivity contribution is 5.54. The van der Waals surface area contributed by atoms with Crippen LogP contribution in [0.15, 0.2) is 24.4 Å². The molecule has 0 unspecified atom stereocenters. The van der Waals surface area contributed by atoms with Gasteiger partial charge in [-0.25, -0.2) is 0 Å². The zero-order valence-electron chi connectivity index (χ0n) is 13.1. The van der Waals surface area contributed by atoms with Gasteiger partial charge in [0, 0.05) is 24.5 Å². The van der Waals surface area contributed by atoms with Crippen molar-refractivity contribution in [2.45, 2.75) is 39.7 Å². The second kappa shape index (κ2) is 5.98. The van der Waals surface area contributed by atoms with Gasteiger partial charge in [0.25, 0.3) is 0 Å². The van der Waals surface area contributed by atoms with E-state index in [1.165, 1.54) is 25.1 Å². The first-order valence-corrected chi connectivity index (χ1v) is 7.83. The normalized spacial score (nSPS) is 19.5. The molecule has 1 aliphatic rings. The Morgan fingerprint density at radius 1 is 1.33 bits per heavy atom. The van der Waals surface area contributed by atoms with Crippen molar-refractivity contribution in [1.82, 2.24) is 20.1 Å². The molecule has 3 rings (SSSR count). The predicted octanol–water partition coefficient (Wildman–Crippen LogP) is 3.05. The second-order valence-corrected chi connectivity index (χ2v) is 6.44. The first-order valence-electron chi connectivity index (χ1n) is 7.83. The fourth-order valence-corrected chi connectivity index (χ4v) is 3.08. The highest BCUT2D eigenvalue weighted by atomic mass is 15.2. The molecule has 2 aromatic heterocycles. The molecule has 0 saturated carbocycles. The Labute approximate surface area is 126 Å². The van der Waals surface area contributed by atoms with Crippen LogP contribution in [0.1, 0.15) is 31.5 Å². The molecule has 0 radical (unpaired) electrons. The lowest BCUT2D eigenvalue weighted by Gasteiger charge is -2.20. The number of rotatable bonds is 4. The Balaban J connectivity index is 1.63. The van der Waals surface area contributed by atoms with Gasteiger partial charge in [0.05, 0.1) is 5.69 Å². The summed E-state index contributed by atoms with van der Waals surface area (Å²) in [5.74, 6) is 0.771. The van der Waals surface area contributed by atoms with Gasteiger partial charge in [-0.15, -0.1) is 0 Å². The molecule has 21 heavy (non-hydrogen) atoms. The monoisotopic (exact) mass is 284 g/mol. The number of hydrogen-bond donors (Lipinski definition) is 1. The molecule has 0 aliphatic carbocycles. The predicted molar refractivity (Wildman–Crippen MR) is 85.1 cm³/mol. The number of H-pyrrole nitrogens is 1. The molecule has 0 bridgehead atoms. The van der Waals surface area contributed by atoms with Crippen molar-refractivity contribution < 1.29 is 0 Å². The molecule has 1 atom stereocenters. The van der Waals surface area contributed by atoms with Crippen LogP contribution < -0.4 is 0 Å². The van der Waals surface area contributed by atoms with Crippen LogP contribution in [0.3, 0.4) is 0 Å². The largest absolute Gasteiger partial charge is 0.301 e. The first-order chi connectivity index (χ1) is 10.1. The number of aromatic nitrogens is 3. The fraction of sp³-hybridized carbons (Fsp3) is 0.529. The summed E-state index contributed by atoms with van der Waals surface area (Å²) in [5.41, 5.74) is 4.27. The molecule has 3 heterocycles. The van der Waals surface area contributed by atoms with Gasteiger partial charge in [-0.05, 0) is 63.8 Å². The average Bonchev–Trinajstić information content (AvgIpc) is 3.09. The number of likely N-dealkylation sites (tertiary alicyclic amines) is 1. The zero-order chi connectivity index (χ0) is 14.8. The number of aromatic amines is 1. The maximum Gasteiger partial charge on any atom is 0.111 e. The summed E-state index contributed by atoms with van der Waals surface area (Å²) < 4.78 is 0. The average molecular weight is 284 g/mol. The van der Waals surface area contributed by atoms with Crippen molar-refractivity contribution in [3.8, 4) is 11.4 Å². The van der Waals surface area contributed by atoms with Crippen LogP contribution in [0, 0.1) is 12.8 Å². The van der Waals surface area contributed by atoms with Gasteiger partial charge in [0.15, 0.2) is 0 Å². The second-order valence-electron chi connectivity index (χ2n) is 6.44. The topological polar surface area (TPSA) is 44.8 Å². The number of aryl methyl sites for hydroxylation is 1. The molecule has 1 fully saturated rings. The van der Waals surface area contributed by atoms with E-state index in [9.17, 15) is 0 Å². The van der Waals surface area contributed by atoms with Crippen LogP contribution in [0.25, 0.3) is 11.4 Å². The van der Waals surface area contributed by atoms with Crippen molar-refractivity contribution in [2.24, 2.45) is 5.92 Å². The minimum Gasteiger partial charge on any atom is -0.301 e. The lowest BCUT2D eigenvalue weighted by molar-refractivity contribution is 0.265. The Morgan fingerprint density at radius 2 is 2.19 bits per heavy atom. The van der Waals surface area contributed by atoms with Crippen LogP contribution in [-0.4, -0.2) is 39.2 Å².